The molecule has 0 aliphatic rings. The van der Waals surface area contributed by atoms with Crippen molar-refractivity contribution in [3.63, 3.8) is 0 Å². The Morgan fingerprint density at radius 2 is 2.10 bits per heavy atom. The highest BCUT2D eigenvalue weighted by Gasteiger charge is 2.28. The molecule has 0 radical (unpaired) electrons. The molecule has 0 heterocycles. The van der Waals surface area contributed by atoms with E-state index >= 15 is 0 Å². The van der Waals surface area contributed by atoms with Crippen LogP contribution in [-0.2, 0) is 4.79 Å². The van der Waals surface area contributed by atoms with E-state index in [1.807, 2.05) is 5.32 Å². The summed E-state index contributed by atoms with van der Waals surface area (Å²) in [6, 6.07) is 4.26. The first-order chi connectivity index (χ1) is 9.23. The van der Waals surface area contributed by atoms with Crippen LogP contribution in [-0.4, -0.2) is 31.8 Å². The van der Waals surface area contributed by atoms with Crippen molar-refractivity contribution in [2.75, 3.05) is 19.0 Å². The summed E-state index contributed by atoms with van der Waals surface area (Å²) in [6.07, 6.45) is -4.43. The molecule has 1 unspecified atom stereocenters. The maximum Gasteiger partial charge on any atom is 0.405 e. The van der Waals surface area contributed by atoms with Gasteiger partial charge in [-0.2, -0.15) is 13.2 Å². The lowest BCUT2D eigenvalue weighted by Gasteiger charge is -2.18. The molecule has 0 spiro atoms. The molecule has 0 fully saturated rings. The molecule has 20 heavy (non-hydrogen) atoms. The minimum absolute atomic E-state index is 0.490. The fourth-order valence-electron chi connectivity index (χ4n) is 1.43. The second-order valence-electron chi connectivity index (χ2n) is 4.04. The molecule has 1 aromatic carbocycles. The average Bonchev–Trinajstić information content (AvgIpc) is 2.35. The minimum atomic E-state index is -4.43. The van der Waals surface area contributed by atoms with Gasteiger partial charge in [0, 0.05) is 4.47 Å². The average molecular weight is 355 g/mol. The van der Waals surface area contributed by atoms with Crippen LogP contribution in [0.2, 0.25) is 0 Å². The van der Waals surface area contributed by atoms with Crippen LogP contribution in [0.3, 0.4) is 0 Å². The van der Waals surface area contributed by atoms with E-state index in [0.29, 0.717) is 11.4 Å². The number of amides is 1. The SMILES string of the molecule is COc1ccc(Br)cc1NC(C)C(=O)NCC(F)(F)F. The monoisotopic (exact) mass is 354 g/mol. The summed E-state index contributed by atoms with van der Waals surface area (Å²) in [5.74, 6) is -0.256. The van der Waals surface area contributed by atoms with Crippen molar-refractivity contribution in [1.29, 1.82) is 0 Å². The third kappa shape index (κ3) is 5.28. The third-order valence-electron chi connectivity index (χ3n) is 2.39. The van der Waals surface area contributed by atoms with Crippen LogP contribution in [0.1, 0.15) is 6.92 Å². The summed E-state index contributed by atoms with van der Waals surface area (Å²) < 4.78 is 41.9. The predicted octanol–water partition coefficient (Wildman–Crippen LogP) is 2.94. The molecule has 112 valence electrons. The summed E-state index contributed by atoms with van der Waals surface area (Å²) >= 11 is 3.26. The molecule has 2 N–H and O–H groups in total. The van der Waals surface area contributed by atoms with E-state index in [1.54, 1.807) is 18.2 Å². The van der Waals surface area contributed by atoms with E-state index in [-0.39, 0.29) is 0 Å². The smallest absolute Gasteiger partial charge is 0.405 e. The summed E-state index contributed by atoms with van der Waals surface area (Å²) in [7, 11) is 1.46. The van der Waals surface area contributed by atoms with Crippen molar-refractivity contribution in [1.82, 2.24) is 5.32 Å². The number of halogens is 4. The van der Waals surface area contributed by atoms with E-state index in [1.165, 1.54) is 14.0 Å². The second-order valence-corrected chi connectivity index (χ2v) is 4.96. The zero-order chi connectivity index (χ0) is 15.3. The van der Waals surface area contributed by atoms with Gasteiger partial charge in [0.05, 0.1) is 12.8 Å². The van der Waals surface area contributed by atoms with E-state index in [4.69, 9.17) is 4.74 Å². The van der Waals surface area contributed by atoms with Crippen molar-refractivity contribution < 1.29 is 22.7 Å². The van der Waals surface area contributed by atoms with Crippen LogP contribution in [0, 0.1) is 0 Å². The lowest BCUT2D eigenvalue weighted by molar-refractivity contribution is -0.138. The third-order valence-corrected chi connectivity index (χ3v) is 2.88. The van der Waals surface area contributed by atoms with Gasteiger partial charge in [-0.15, -0.1) is 0 Å². The first-order valence-electron chi connectivity index (χ1n) is 5.67. The predicted molar refractivity (Wildman–Crippen MR) is 72.8 cm³/mol. The van der Waals surface area contributed by atoms with Gasteiger partial charge in [0.2, 0.25) is 5.91 Å². The number of carbonyl (C=O) groups is 1. The quantitative estimate of drug-likeness (QED) is 0.854. The molecule has 0 aromatic heterocycles. The van der Waals surface area contributed by atoms with Gasteiger partial charge in [-0.25, -0.2) is 0 Å². The molecule has 1 aromatic rings. The molecular weight excluding hydrogens is 341 g/mol. The molecule has 1 atom stereocenters. The van der Waals surface area contributed by atoms with Gasteiger partial charge < -0.3 is 15.4 Å². The zero-order valence-electron chi connectivity index (χ0n) is 10.8. The minimum Gasteiger partial charge on any atom is -0.495 e. The van der Waals surface area contributed by atoms with Gasteiger partial charge in [0.15, 0.2) is 0 Å². The van der Waals surface area contributed by atoms with Crippen molar-refractivity contribution in [3.05, 3.63) is 22.7 Å². The number of ether oxygens (including phenoxy) is 1. The molecule has 0 bridgehead atoms. The van der Waals surface area contributed by atoms with Gasteiger partial charge >= 0.3 is 6.18 Å². The van der Waals surface area contributed by atoms with Gasteiger partial charge in [0.25, 0.3) is 0 Å². The fraction of sp³-hybridized carbons (Fsp3) is 0.417. The molecule has 8 heteroatoms. The summed E-state index contributed by atoms with van der Waals surface area (Å²) in [5, 5.41) is 4.62. The summed E-state index contributed by atoms with van der Waals surface area (Å²) in [6.45, 7) is 0.111. The highest BCUT2D eigenvalue weighted by molar-refractivity contribution is 9.10. The summed E-state index contributed by atoms with van der Waals surface area (Å²) in [5.41, 5.74) is 0.511. The van der Waals surface area contributed by atoms with Crippen LogP contribution in [0.5, 0.6) is 5.75 Å². The summed E-state index contributed by atoms with van der Waals surface area (Å²) in [4.78, 5) is 11.6. The van der Waals surface area contributed by atoms with E-state index in [0.717, 1.165) is 4.47 Å². The number of carbonyl (C=O) groups excluding carboxylic acids is 1. The number of anilines is 1. The Bertz CT molecular complexity index is 480. The van der Waals surface area contributed by atoms with Gasteiger partial charge in [-0.3, -0.25) is 4.79 Å². The van der Waals surface area contributed by atoms with E-state index in [9.17, 15) is 18.0 Å². The molecular formula is C12H14BrF3N2O2. The first kappa shape index (κ1) is 16.6. The van der Waals surface area contributed by atoms with Crippen molar-refractivity contribution in [2.24, 2.45) is 0 Å². The number of methoxy groups -OCH3 is 1. The van der Waals surface area contributed by atoms with E-state index in [2.05, 4.69) is 21.2 Å². The van der Waals surface area contributed by atoms with Crippen LogP contribution in [0.15, 0.2) is 22.7 Å². The maximum atomic E-state index is 12.0. The van der Waals surface area contributed by atoms with Gasteiger partial charge in [-0.05, 0) is 25.1 Å². The Hall–Kier alpha value is -1.44. The maximum absolute atomic E-state index is 12.0. The Labute approximate surface area is 122 Å². The number of nitrogens with one attached hydrogen (secondary N) is 2. The number of benzene rings is 1. The van der Waals surface area contributed by atoms with Gasteiger partial charge in [0.1, 0.15) is 18.3 Å². The second kappa shape index (κ2) is 6.83. The largest absolute Gasteiger partial charge is 0.495 e. The molecule has 0 aliphatic carbocycles. The molecule has 0 aliphatic heterocycles. The molecule has 1 rings (SSSR count). The van der Waals surface area contributed by atoms with Crippen molar-refractivity contribution in [3.8, 4) is 5.75 Å². The number of alkyl halides is 3. The molecule has 4 nitrogen and oxygen atoms in total. The van der Waals surface area contributed by atoms with Crippen LogP contribution < -0.4 is 15.4 Å². The highest BCUT2D eigenvalue weighted by Crippen LogP contribution is 2.28. The van der Waals surface area contributed by atoms with E-state index < -0.39 is 24.7 Å². The topological polar surface area (TPSA) is 50.4 Å². The first-order valence-corrected chi connectivity index (χ1v) is 6.47. The highest BCUT2D eigenvalue weighted by atomic mass is 79.9. The van der Waals surface area contributed by atoms with Crippen LogP contribution >= 0.6 is 15.9 Å². The lowest BCUT2D eigenvalue weighted by Crippen LogP contribution is -2.42. The normalized spacial score (nSPS) is 12.7. The number of hydrogen-bond donors (Lipinski definition) is 2. The Morgan fingerprint density at radius 3 is 2.65 bits per heavy atom. The molecule has 0 saturated heterocycles. The Balaban J connectivity index is 2.68. The molecule has 0 saturated carbocycles. The van der Waals surface area contributed by atoms with Crippen molar-refractivity contribution >= 4 is 27.5 Å². The molecule has 1 amide bonds. The number of hydrogen-bond acceptors (Lipinski definition) is 3. The standard InChI is InChI=1S/C12H14BrF3N2O2/c1-7(11(19)17-6-12(14,15)16)18-9-5-8(13)3-4-10(9)20-2/h3-5,7,18H,6H2,1-2H3,(H,17,19). The Morgan fingerprint density at radius 1 is 1.45 bits per heavy atom. The fourth-order valence-corrected chi connectivity index (χ4v) is 1.79. The van der Waals surface area contributed by atoms with Crippen molar-refractivity contribution in [2.45, 2.75) is 19.1 Å². The Kier molecular flexibility index (Phi) is 5.67. The lowest BCUT2D eigenvalue weighted by atomic mass is 10.2. The van der Waals surface area contributed by atoms with Gasteiger partial charge in [-0.1, -0.05) is 15.9 Å². The number of rotatable bonds is 5. The van der Waals surface area contributed by atoms with Crippen LogP contribution in [0.25, 0.3) is 0 Å². The van der Waals surface area contributed by atoms with Crippen LogP contribution in [0.4, 0.5) is 18.9 Å². The zero-order valence-corrected chi connectivity index (χ0v) is 12.4.